The first-order valence-corrected chi connectivity index (χ1v) is 12.4. The third-order valence-corrected chi connectivity index (χ3v) is 7.31. The van der Waals surface area contributed by atoms with Gasteiger partial charge in [-0.15, -0.1) is 0 Å². The van der Waals surface area contributed by atoms with E-state index in [0.717, 1.165) is 67.7 Å². The van der Waals surface area contributed by atoms with Crippen molar-refractivity contribution in [3.63, 3.8) is 0 Å². The molecule has 7 nitrogen and oxygen atoms in total. The highest BCUT2D eigenvalue weighted by Gasteiger charge is 2.43. The molecule has 0 bridgehead atoms. The number of fused-ring (bicyclic) bond motifs is 2. The highest BCUT2D eigenvalue weighted by Crippen LogP contribution is 2.44. The monoisotopic (exact) mass is 485 g/mol. The Balaban J connectivity index is 1.29. The molecule has 3 unspecified atom stereocenters. The van der Waals surface area contributed by atoms with Gasteiger partial charge in [-0.3, -0.25) is 9.80 Å². The van der Waals surface area contributed by atoms with Crippen molar-refractivity contribution >= 4 is 17.7 Å². The number of halogens is 1. The molecule has 5 rings (SSSR count). The van der Waals surface area contributed by atoms with Gasteiger partial charge in [0.05, 0.1) is 33.0 Å². The van der Waals surface area contributed by atoms with Crippen LogP contribution in [-0.4, -0.2) is 75.0 Å². The molecule has 1 amide bonds. The van der Waals surface area contributed by atoms with Crippen LogP contribution in [0.1, 0.15) is 24.4 Å². The minimum Gasteiger partial charge on any atom is -0.494 e. The summed E-state index contributed by atoms with van der Waals surface area (Å²) in [4.78, 5) is 16.9. The number of amides is 1. The number of hydrogen-bond donors (Lipinski definition) is 1. The number of rotatable bonds is 6. The van der Waals surface area contributed by atoms with Crippen molar-refractivity contribution in [2.24, 2.45) is 5.92 Å². The molecule has 3 atom stereocenters. The summed E-state index contributed by atoms with van der Waals surface area (Å²) in [6.45, 7) is 5.94. The van der Waals surface area contributed by atoms with Crippen molar-refractivity contribution in [3.8, 4) is 5.75 Å². The Morgan fingerprint density at radius 2 is 2.00 bits per heavy atom. The van der Waals surface area contributed by atoms with Crippen molar-refractivity contribution in [1.82, 2.24) is 15.1 Å². The maximum atomic E-state index is 12.6. The fourth-order valence-corrected chi connectivity index (χ4v) is 5.55. The largest absolute Gasteiger partial charge is 0.494 e. The number of nitrogens with one attached hydrogen (secondary N) is 1. The molecule has 1 aromatic rings. The normalized spacial score (nSPS) is 26.5. The standard InChI is InChI=1S/C26H32ClN3O4/c1-32-26(31)30-11-9-21-22-17-19(27)5-8-23(22)28-24(21)25(30)18-3-6-20(7-4-18)34-14-2-10-29-12-15-33-16-13-29/h3-8,17,22-23,25,28H,2,9-16H2,1H3. The highest BCUT2D eigenvalue weighted by atomic mass is 35.5. The average molecular weight is 486 g/mol. The third kappa shape index (κ3) is 4.83. The van der Waals surface area contributed by atoms with Crippen molar-refractivity contribution < 1.29 is 19.0 Å². The molecular weight excluding hydrogens is 454 g/mol. The molecule has 0 saturated carbocycles. The maximum Gasteiger partial charge on any atom is 0.410 e. The van der Waals surface area contributed by atoms with E-state index in [0.29, 0.717) is 13.2 Å². The summed E-state index contributed by atoms with van der Waals surface area (Å²) in [5.41, 5.74) is 3.43. The van der Waals surface area contributed by atoms with Crippen molar-refractivity contribution in [3.05, 3.63) is 64.4 Å². The zero-order chi connectivity index (χ0) is 23.5. The van der Waals surface area contributed by atoms with Gasteiger partial charge in [0.15, 0.2) is 0 Å². The van der Waals surface area contributed by atoms with Crippen molar-refractivity contribution in [1.29, 1.82) is 0 Å². The fourth-order valence-electron chi connectivity index (χ4n) is 5.34. The van der Waals surface area contributed by atoms with Crippen LogP contribution in [0.5, 0.6) is 5.75 Å². The van der Waals surface area contributed by atoms with Crippen molar-refractivity contribution in [2.45, 2.75) is 24.9 Å². The van der Waals surface area contributed by atoms with Crippen LogP contribution in [0.15, 0.2) is 58.8 Å². The van der Waals surface area contributed by atoms with E-state index in [1.807, 2.05) is 18.2 Å². The van der Waals surface area contributed by atoms with Gasteiger partial charge in [0.25, 0.3) is 0 Å². The van der Waals surface area contributed by atoms with Gasteiger partial charge in [0.1, 0.15) is 11.8 Å². The second-order valence-corrected chi connectivity index (χ2v) is 9.52. The summed E-state index contributed by atoms with van der Waals surface area (Å²) in [5, 5.41) is 4.42. The number of carbonyl (C=O) groups is 1. The zero-order valence-electron chi connectivity index (χ0n) is 19.5. The molecule has 182 valence electrons. The van der Waals surface area contributed by atoms with E-state index < -0.39 is 0 Å². The Bertz CT molecular complexity index is 984. The number of hydrogen-bond acceptors (Lipinski definition) is 6. The van der Waals surface area contributed by atoms with Gasteiger partial charge in [-0.05, 0) is 42.2 Å². The summed E-state index contributed by atoms with van der Waals surface area (Å²) in [5.74, 6) is 1.06. The van der Waals surface area contributed by atoms with E-state index in [1.165, 1.54) is 12.7 Å². The molecule has 1 aromatic carbocycles. The minimum atomic E-state index is -0.319. The lowest BCUT2D eigenvalue weighted by atomic mass is 9.85. The molecule has 8 heteroatoms. The first-order valence-electron chi connectivity index (χ1n) is 12.1. The predicted octanol–water partition coefficient (Wildman–Crippen LogP) is 3.84. The number of nitrogens with zero attached hydrogens (tertiary/aromatic N) is 2. The van der Waals surface area contributed by atoms with Crippen molar-refractivity contribution in [2.75, 3.05) is 53.1 Å². The second kappa shape index (κ2) is 10.4. The van der Waals surface area contributed by atoms with E-state index in [2.05, 4.69) is 34.5 Å². The Labute approximate surface area is 206 Å². The van der Waals surface area contributed by atoms with Gasteiger partial charge in [-0.2, -0.15) is 0 Å². The van der Waals surface area contributed by atoms with E-state index in [-0.39, 0.29) is 24.1 Å². The predicted molar refractivity (Wildman–Crippen MR) is 131 cm³/mol. The molecular formula is C26H32ClN3O4. The minimum absolute atomic E-state index is 0.168. The van der Waals surface area contributed by atoms with Crippen LogP contribution >= 0.6 is 11.6 Å². The summed E-state index contributed by atoms with van der Waals surface area (Å²) < 4.78 is 16.5. The quantitative estimate of drug-likeness (QED) is 0.618. The van der Waals surface area contributed by atoms with Gasteiger partial charge in [-0.1, -0.05) is 35.9 Å². The topological polar surface area (TPSA) is 63.3 Å². The van der Waals surface area contributed by atoms with Crippen LogP contribution < -0.4 is 10.1 Å². The number of benzene rings is 1. The van der Waals surface area contributed by atoms with Gasteiger partial charge >= 0.3 is 6.09 Å². The van der Waals surface area contributed by atoms with Crippen LogP contribution in [0.25, 0.3) is 0 Å². The summed E-state index contributed by atoms with van der Waals surface area (Å²) in [7, 11) is 1.43. The Kier molecular flexibility index (Phi) is 7.13. The number of ether oxygens (including phenoxy) is 3. The molecule has 1 N–H and O–H groups in total. The van der Waals surface area contributed by atoms with E-state index >= 15 is 0 Å². The lowest BCUT2D eigenvalue weighted by Gasteiger charge is -2.36. The first-order chi connectivity index (χ1) is 16.6. The average Bonchev–Trinajstić information content (AvgIpc) is 3.24. The smallest absolute Gasteiger partial charge is 0.410 e. The molecule has 0 radical (unpaired) electrons. The zero-order valence-corrected chi connectivity index (χ0v) is 20.3. The third-order valence-electron chi connectivity index (χ3n) is 7.06. The fraction of sp³-hybridized carbons (Fsp3) is 0.500. The van der Waals surface area contributed by atoms with Crippen LogP contribution in [0.4, 0.5) is 4.79 Å². The van der Waals surface area contributed by atoms with E-state index in [1.54, 1.807) is 4.90 Å². The molecule has 3 aliphatic heterocycles. The lowest BCUT2D eigenvalue weighted by Crippen LogP contribution is -2.41. The van der Waals surface area contributed by atoms with Gasteiger partial charge in [-0.25, -0.2) is 4.79 Å². The number of morpholine rings is 1. The number of allylic oxidation sites excluding steroid dienone is 2. The van der Waals surface area contributed by atoms with Gasteiger partial charge in [0, 0.05) is 42.8 Å². The maximum absolute atomic E-state index is 12.6. The van der Waals surface area contributed by atoms with Crippen LogP contribution in [0.3, 0.4) is 0 Å². The van der Waals surface area contributed by atoms with Crippen LogP contribution in [0.2, 0.25) is 0 Å². The molecule has 4 aliphatic rings. The Hall–Kier alpha value is -2.48. The molecule has 3 heterocycles. The van der Waals surface area contributed by atoms with Crippen LogP contribution in [0, 0.1) is 5.92 Å². The second-order valence-electron chi connectivity index (χ2n) is 9.09. The highest BCUT2D eigenvalue weighted by molar-refractivity contribution is 6.31. The number of carbonyl (C=O) groups excluding carboxylic acids is 1. The van der Waals surface area contributed by atoms with E-state index in [9.17, 15) is 4.79 Å². The van der Waals surface area contributed by atoms with Gasteiger partial charge < -0.3 is 19.5 Å². The summed E-state index contributed by atoms with van der Waals surface area (Å²) in [6.07, 6.45) is 7.62. The van der Waals surface area contributed by atoms with Crippen LogP contribution in [-0.2, 0) is 9.47 Å². The molecule has 0 aromatic heterocycles. The molecule has 34 heavy (non-hydrogen) atoms. The Morgan fingerprint density at radius 3 is 2.76 bits per heavy atom. The summed E-state index contributed by atoms with van der Waals surface area (Å²) in [6, 6.07) is 8.03. The summed E-state index contributed by atoms with van der Waals surface area (Å²) >= 11 is 6.30. The molecule has 1 saturated heterocycles. The van der Waals surface area contributed by atoms with E-state index in [4.69, 9.17) is 25.8 Å². The molecule has 1 fully saturated rings. The SMILES string of the molecule is COC(=O)N1CCC2=C(NC3C=CC(Cl)=CC23)C1c1ccc(OCCCN2CCOCC2)cc1. The Morgan fingerprint density at radius 1 is 1.21 bits per heavy atom. The molecule has 0 spiro atoms. The first kappa shape index (κ1) is 23.3. The number of methoxy groups -OCH3 is 1. The van der Waals surface area contributed by atoms with Gasteiger partial charge in [0.2, 0.25) is 0 Å². The lowest BCUT2D eigenvalue weighted by molar-refractivity contribution is 0.0358. The molecule has 1 aliphatic carbocycles.